The number of para-hydroxylation sites is 1. The standard InChI is InChI=1S/C24H19ClN2O5S2/c25-18-6-8-19(9-7-18)26-33(28,29)23-14-10-20(11-15-23)27-34(30,31)24-16-12-22(13-17-24)32-21-4-2-1-3-5-21/h1-17,26-27H. The highest BCUT2D eigenvalue weighted by Gasteiger charge is 2.17. The van der Waals surface area contributed by atoms with E-state index in [2.05, 4.69) is 9.44 Å². The van der Waals surface area contributed by atoms with Crippen molar-refractivity contribution in [3.8, 4) is 11.5 Å². The second-order valence-electron chi connectivity index (χ2n) is 7.13. The smallest absolute Gasteiger partial charge is 0.261 e. The Kier molecular flexibility index (Phi) is 6.78. The van der Waals surface area contributed by atoms with Crippen molar-refractivity contribution in [2.45, 2.75) is 9.79 Å². The molecule has 0 aliphatic carbocycles. The van der Waals surface area contributed by atoms with Crippen LogP contribution in [0.15, 0.2) is 113 Å². The number of ether oxygens (including phenoxy) is 1. The van der Waals surface area contributed by atoms with E-state index < -0.39 is 20.0 Å². The van der Waals surface area contributed by atoms with Gasteiger partial charge in [0.25, 0.3) is 20.0 Å². The van der Waals surface area contributed by atoms with Crippen LogP contribution in [0.2, 0.25) is 5.02 Å². The normalized spacial score (nSPS) is 11.6. The van der Waals surface area contributed by atoms with Crippen LogP contribution < -0.4 is 14.2 Å². The first kappa shape index (κ1) is 23.6. The molecule has 0 amide bonds. The maximum Gasteiger partial charge on any atom is 0.261 e. The molecule has 0 heterocycles. The summed E-state index contributed by atoms with van der Waals surface area (Å²) in [5.41, 5.74) is 0.573. The predicted molar refractivity (Wildman–Crippen MR) is 132 cm³/mol. The summed E-state index contributed by atoms with van der Waals surface area (Å²) in [5, 5.41) is 0.484. The molecule has 0 fully saturated rings. The van der Waals surface area contributed by atoms with E-state index in [1.54, 1.807) is 48.5 Å². The van der Waals surface area contributed by atoms with Crippen LogP contribution in [-0.2, 0) is 20.0 Å². The zero-order chi connectivity index (χ0) is 24.2. The summed E-state index contributed by atoms with van der Waals surface area (Å²) in [6, 6.07) is 26.7. The molecule has 174 valence electrons. The van der Waals surface area contributed by atoms with Crippen molar-refractivity contribution in [2.75, 3.05) is 9.44 Å². The minimum Gasteiger partial charge on any atom is -0.457 e. The van der Waals surface area contributed by atoms with Crippen molar-refractivity contribution in [3.63, 3.8) is 0 Å². The molecule has 0 saturated carbocycles. The molecule has 0 radical (unpaired) electrons. The average molecular weight is 515 g/mol. The zero-order valence-corrected chi connectivity index (χ0v) is 19.9. The lowest BCUT2D eigenvalue weighted by Crippen LogP contribution is -2.14. The molecular formula is C24H19ClN2O5S2. The topological polar surface area (TPSA) is 102 Å². The SMILES string of the molecule is O=S(=O)(Nc1ccc(Cl)cc1)c1ccc(NS(=O)(=O)c2ccc(Oc3ccccc3)cc2)cc1. The van der Waals surface area contributed by atoms with E-state index in [4.69, 9.17) is 16.3 Å². The fourth-order valence-corrected chi connectivity index (χ4v) is 5.20. The number of halogens is 1. The molecule has 0 spiro atoms. The Morgan fingerprint density at radius 2 is 0.941 bits per heavy atom. The molecule has 0 atom stereocenters. The van der Waals surface area contributed by atoms with Gasteiger partial charge in [-0.15, -0.1) is 0 Å². The summed E-state index contributed by atoms with van der Waals surface area (Å²) in [6.45, 7) is 0. The number of anilines is 2. The van der Waals surface area contributed by atoms with Gasteiger partial charge in [-0.3, -0.25) is 9.44 Å². The average Bonchev–Trinajstić information content (AvgIpc) is 2.82. The largest absolute Gasteiger partial charge is 0.457 e. The first-order valence-electron chi connectivity index (χ1n) is 9.96. The Morgan fingerprint density at radius 1 is 0.529 bits per heavy atom. The van der Waals surface area contributed by atoms with E-state index in [0.717, 1.165) is 0 Å². The molecule has 0 aliphatic rings. The van der Waals surface area contributed by atoms with Crippen LogP contribution in [0, 0.1) is 0 Å². The maximum absolute atomic E-state index is 12.7. The Bertz CT molecular complexity index is 1470. The third-order valence-electron chi connectivity index (χ3n) is 4.63. The molecule has 7 nitrogen and oxygen atoms in total. The van der Waals surface area contributed by atoms with Gasteiger partial charge in [-0.2, -0.15) is 0 Å². The molecule has 0 aliphatic heterocycles. The highest BCUT2D eigenvalue weighted by Crippen LogP contribution is 2.25. The van der Waals surface area contributed by atoms with E-state index in [0.29, 0.717) is 22.2 Å². The third kappa shape index (κ3) is 5.88. The summed E-state index contributed by atoms with van der Waals surface area (Å²) < 4.78 is 61.2. The van der Waals surface area contributed by atoms with Crippen molar-refractivity contribution in [1.29, 1.82) is 0 Å². The Hall–Kier alpha value is -3.53. The fourth-order valence-electron chi connectivity index (χ4n) is 2.96. The number of hydrogen-bond donors (Lipinski definition) is 2. The second-order valence-corrected chi connectivity index (χ2v) is 10.9. The van der Waals surface area contributed by atoms with Gasteiger partial charge >= 0.3 is 0 Å². The van der Waals surface area contributed by atoms with Gasteiger partial charge in [-0.05, 0) is 84.9 Å². The molecule has 0 saturated heterocycles. The van der Waals surface area contributed by atoms with Crippen LogP contribution in [-0.4, -0.2) is 16.8 Å². The first-order valence-corrected chi connectivity index (χ1v) is 13.3. The van der Waals surface area contributed by atoms with Crippen molar-refractivity contribution >= 4 is 43.0 Å². The highest BCUT2D eigenvalue weighted by molar-refractivity contribution is 7.93. The van der Waals surface area contributed by atoms with Gasteiger partial charge in [0.2, 0.25) is 0 Å². The maximum atomic E-state index is 12.7. The molecule has 4 aromatic carbocycles. The Labute approximate surface area is 203 Å². The number of sulfonamides is 2. The molecular weight excluding hydrogens is 496 g/mol. The monoisotopic (exact) mass is 514 g/mol. The van der Waals surface area contributed by atoms with Crippen LogP contribution in [0.1, 0.15) is 0 Å². The van der Waals surface area contributed by atoms with Gasteiger partial charge in [-0.1, -0.05) is 29.8 Å². The zero-order valence-electron chi connectivity index (χ0n) is 17.6. The lowest BCUT2D eigenvalue weighted by atomic mass is 10.3. The minimum atomic E-state index is -3.89. The quantitative estimate of drug-likeness (QED) is 0.312. The fraction of sp³-hybridized carbons (Fsp3) is 0. The minimum absolute atomic E-state index is 0.0205. The summed E-state index contributed by atoms with van der Waals surface area (Å²) >= 11 is 5.82. The molecule has 10 heteroatoms. The van der Waals surface area contributed by atoms with Gasteiger partial charge in [0, 0.05) is 16.4 Å². The molecule has 4 aromatic rings. The lowest BCUT2D eigenvalue weighted by molar-refractivity contribution is 0.482. The molecule has 4 rings (SSSR count). The lowest BCUT2D eigenvalue weighted by Gasteiger charge is -2.11. The summed E-state index contributed by atoms with van der Waals surface area (Å²) in [7, 11) is -7.74. The Morgan fingerprint density at radius 3 is 1.44 bits per heavy atom. The summed E-state index contributed by atoms with van der Waals surface area (Å²) in [5.74, 6) is 1.13. The van der Waals surface area contributed by atoms with Crippen molar-refractivity contribution < 1.29 is 21.6 Å². The van der Waals surface area contributed by atoms with E-state index >= 15 is 0 Å². The predicted octanol–water partition coefficient (Wildman–Crippen LogP) is 5.73. The van der Waals surface area contributed by atoms with Gasteiger partial charge in [0.05, 0.1) is 9.79 Å². The molecule has 34 heavy (non-hydrogen) atoms. The molecule has 2 N–H and O–H groups in total. The third-order valence-corrected chi connectivity index (χ3v) is 7.67. The highest BCUT2D eigenvalue weighted by atomic mass is 35.5. The van der Waals surface area contributed by atoms with Crippen LogP contribution in [0.4, 0.5) is 11.4 Å². The molecule has 0 bridgehead atoms. The van der Waals surface area contributed by atoms with Crippen LogP contribution in [0.25, 0.3) is 0 Å². The van der Waals surface area contributed by atoms with E-state index in [-0.39, 0.29) is 15.5 Å². The van der Waals surface area contributed by atoms with Gasteiger partial charge in [0.15, 0.2) is 0 Å². The number of benzene rings is 4. The van der Waals surface area contributed by atoms with Crippen LogP contribution in [0.5, 0.6) is 11.5 Å². The molecule has 0 unspecified atom stereocenters. The first-order chi connectivity index (χ1) is 16.2. The van der Waals surface area contributed by atoms with Gasteiger partial charge in [-0.25, -0.2) is 16.8 Å². The van der Waals surface area contributed by atoms with E-state index in [9.17, 15) is 16.8 Å². The van der Waals surface area contributed by atoms with Crippen molar-refractivity contribution in [3.05, 3.63) is 108 Å². The van der Waals surface area contributed by atoms with Crippen LogP contribution in [0.3, 0.4) is 0 Å². The van der Waals surface area contributed by atoms with Crippen molar-refractivity contribution in [2.24, 2.45) is 0 Å². The van der Waals surface area contributed by atoms with E-state index in [1.165, 1.54) is 36.4 Å². The Balaban J connectivity index is 1.44. The van der Waals surface area contributed by atoms with E-state index in [1.807, 2.05) is 18.2 Å². The number of nitrogens with one attached hydrogen (secondary N) is 2. The summed E-state index contributed by atoms with van der Waals surface area (Å²) in [6.07, 6.45) is 0. The molecule has 0 aromatic heterocycles. The van der Waals surface area contributed by atoms with Gasteiger partial charge < -0.3 is 4.74 Å². The number of rotatable bonds is 8. The van der Waals surface area contributed by atoms with Gasteiger partial charge in [0.1, 0.15) is 11.5 Å². The van der Waals surface area contributed by atoms with Crippen LogP contribution >= 0.6 is 11.6 Å². The second kappa shape index (κ2) is 9.76. The number of hydrogen-bond acceptors (Lipinski definition) is 5. The summed E-state index contributed by atoms with van der Waals surface area (Å²) in [4.78, 5) is 0.0156. The van der Waals surface area contributed by atoms with Crippen molar-refractivity contribution in [1.82, 2.24) is 0 Å².